The van der Waals surface area contributed by atoms with Gasteiger partial charge in [-0.25, -0.2) is 4.79 Å². The second kappa shape index (κ2) is 9.15. The fraction of sp³-hybridized carbons (Fsp3) is 0.375. The third-order valence-electron chi connectivity index (χ3n) is 2.83. The van der Waals surface area contributed by atoms with E-state index in [9.17, 15) is 9.59 Å². The third-order valence-corrected chi connectivity index (χ3v) is 3.79. The van der Waals surface area contributed by atoms with E-state index in [0.717, 1.165) is 22.6 Å². The molecule has 1 amide bonds. The SMILES string of the molecule is C=CCSCCNC(=O)c1cc(C)c(OCC(=O)O)c(C)c1. The van der Waals surface area contributed by atoms with Crippen LogP contribution in [-0.4, -0.2) is 41.6 Å². The molecule has 1 rings (SSSR count). The molecule has 0 aliphatic carbocycles. The van der Waals surface area contributed by atoms with Gasteiger partial charge in [0.1, 0.15) is 5.75 Å². The summed E-state index contributed by atoms with van der Waals surface area (Å²) in [6, 6.07) is 3.41. The van der Waals surface area contributed by atoms with Gasteiger partial charge in [-0.1, -0.05) is 6.08 Å². The molecular weight excluding hydrogens is 302 g/mol. The van der Waals surface area contributed by atoms with Crippen molar-refractivity contribution in [3.8, 4) is 5.75 Å². The third kappa shape index (κ3) is 5.81. The van der Waals surface area contributed by atoms with Gasteiger partial charge in [-0.15, -0.1) is 6.58 Å². The van der Waals surface area contributed by atoms with Crippen molar-refractivity contribution >= 4 is 23.6 Å². The Morgan fingerprint density at radius 2 is 2.00 bits per heavy atom. The molecule has 0 aliphatic heterocycles. The Morgan fingerprint density at radius 1 is 1.36 bits per heavy atom. The molecule has 0 bridgehead atoms. The van der Waals surface area contributed by atoms with E-state index in [4.69, 9.17) is 9.84 Å². The van der Waals surface area contributed by atoms with E-state index in [0.29, 0.717) is 17.9 Å². The number of nitrogens with one attached hydrogen (secondary N) is 1. The number of amides is 1. The summed E-state index contributed by atoms with van der Waals surface area (Å²) in [5, 5.41) is 11.5. The quantitative estimate of drug-likeness (QED) is 0.539. The largest absolute Gasteiger partial charge is 0.481 e. The maximum absolute atomic E-state index is 12.1. The van der Waals surface area contributed by atoms with Crippen molar-refractivity contribution in [3.63, 3.8) is 0 Å². The van der Waals surface area contributed by atoms with Crippen LogP contribution in [0.15, 0.2) is 24.8 Å². The maximum atomic E-state index is 12.1. The number of ether oxygens (including phenoxy) is 1. The molecule has 1 aromatic carbocycles. The molecule has 0 aromatic heterocycles. The van der Waals surface area contributed by atoms with Crippen molar-refractivity contribution in [1.29, 1.82) is 0 Å². The lowest BCUT2D eigenvalue weighted by atomic mass is 10.1. The van der Waals surface area contributed by atoms with Crippen LogP contribution in [0.5, 0.6) is 5.75 Å². The van der Waals surface area contributed by atoms with Gasteiger partial charge in [-0.05, 0) is 37.1 Å². The molecule has 2 N–H and O–H groups in total. The smallest absolute Gasteiger partial charge is 0.341 e. The summed E-state index contributed by atoms with van der Waals surface area (Å²) in [5.74, 6) is 1.03. The Kier molecular flexibility index (Phi) is 7.52. The summed E-state index contributed by atoms with van der Waals surface area (Å²) < 4.78 is 5.25. The van der Waals surface area contributed by atoms with E-state index in [1.165, 1.54) is 0 Å². The predicted octanol–water partition coefficient (Wildman–Crippen LogP) is 2.42. The van der Waals surface area contributed by atoms with Crippen LogP contribution in [0.4, 0.5) is 0 Å². The van der Waals surface area contributed by atoms with Crippen LogP contribution in [0.2, 0.25) is 0 Å². The Labute approximate surface area is 134 Å². The minimum Gasteiger partial charge on any atom is -0.481 e. The average molecular weight is 323 g/mol. The number of rotatable bonds is 9. The Bertz CT molecular complexity index is 534. The first-order chi connectivity index (χ1) is 10.5. The van der Waals surface area contributed by atoms with Gasteiger partial charge in [-0.3, -0.25) is 4.79 Å². The molecule has 0 unspecified atom stereocenters. The van der Waals surface area contributed by atoms with Crippen molar-refractivity contribution in [1.82, 2.24) is 5.32 Å². The van der Waals surface area contributed by atoms with Crippen molar-refractivity contribution in [2.75, 3.05) is 24.7 Å². The van der Waals surface area contributed by atoms with Gasteiger partial charge >= 0.3 is 5.97 Å². The van der Waals surface area contributed by atoms with E-state index in [1.807, 2.05) is 6.08 Å². The number of benzene rings is 1. The minimum absolute atomic E-state index is 0.143. The molecule has 0 spiro atoms. The molecule has 0 atom stereocenters. The monoisotopic (exact) mass is 323 g/mol. The standard InChI is InChI=1S/C16H21NO4S/c1-4-6-22-7-5-17-16(20)13-8-11(2)15(12(3)9-13)21-10-14(18)19/h4,8-9H,1,5-7,10H2,2-3H3,(H,17,20)(H,18,19). The first-order valence-electron chi connectivity index (χ1n) is 6.88. The summed E-state index contributed by atoms with van der Waals surface area (Å²) in [5.41, 5.74) is 2.03. The molecular formula is C16H21NO4S. The molecule has 120 valence electrons. The summed E-state index contributed by atoms with van der Waals surface area (Å²) in [6.45, 7) is 7.42. The van der Waals surface area contributed by atoms with E-state index >= 15 is 0 Å². The highest BCUT2D eigenvalue weighted by Crippen LogP contribution is 2.24. The molecule has 22 heavy (non-hydrogen) atoms. The zero-order chi connectivity index (χ0) is 16.5. The minimum atomic E-state index is -1.03. The molecule has 0 heterocycles. The number of thioether (sulfide) groups is 1. The number of carbonyl (C=O) groups excluding carboxylic acids is 1. The Morgan fingerprint density at radius 3 is 2.55 bits per heavy atom. The number of hydrogen-bond donors (Lipinski definition) is 2. The molecule has 0 saturated heterocycles. The van der Waals surface area contributed by atoms with Crippen LogP contribution in [0.1, 0.15) is 21.5 Å². The average Bonchev–Trinajstić information content (AvgIpc) is 2.45. The van der Waals surface area contributed by atoms with Crippen LogP contribution >= 0.6 is 11.8 Å². The first-order valence-corrected chi connectivity index (χ1v) is 8.04. The van der Waals surface area contributed by atoms with E-state index in [2.05, 4.69) is 11.9 Å². The lowest BCUT2D eigenvalue weighted by Crippen LogP contribution is -2.26. The van der Waals surface area contributed by atoms with Crippen LogP contribution in [0.3, 0.4) is 0 Å². The zero-order valence-corrected chi connectivity index (χ0v) is 13.7. The second-order valence-electron chi connectivity index (χ2n) is 4.74. The highest BCUT2D eigenvalue weighted by Gasteiger charge is 2.12. The highest BCUT2D eigenvalue weighted by atomic mass is 32.2. The predicted molar refractivity (Wildman–Crippen MR) is 88.9 cm³/mol. The first kappa shape index (κ1) is 18.1. The topological polar surface area (TPSA) is 75.6 Å². The molecule has 0 radical (unpaired) electrons. The van der Waals surface area contributed by atoms with Crippen LogP contribution < -0.4 is 10.1 Å². The lowest BCUT2D eigenvalue weighted by Gasteiger charge is -2.13. The Balaban J connectivity index is 2.66. The van der Waals surface area contributed by atoms with Crippen molar-refractivity contribution in [2.45, 2.75) is 13.8 Å². The van der Waals surface area contributed by atoms with Gasteiger partial charge in [-0.2, -0.15) is 11.8 Å². The number of carboxylic acids is 1. The van der Waals surface area contributed by atoms with Gasteiger partial charge in [0.05, 0.1) is 0 Å². The van der Waals surface area contributed by atoms with Crippen molar-refractivity contribution in [2.24, 2.45) is 0 Å². The van der Waals surface area contributed by atoms with Crippen LogP contribution in [0, 0.1) is 13.8 Å². The number of carbonyl (C=O) groups is 2. The van der Waals surface area contributed by atoms with E-state index < -0.39 is 12.6 Å². The molecule has 0 saturated carbocycles. The van der Waals surface area contributed by atoms with Crippen LogP contribution in [0.25, 0.3) is 0 Å². The van der Waals surface area contributed by atoms with Crippen molar-refractivity contribution < 1.29 is 19.4 Å². The van der Waals surface area contributed by atoms with Gasteiger partial charge in [0.25, 0.3) is 5.91 Å². The lowest BCUT2D eigenvalue weighted by molar-refractivity contribution is -0.139. The van der Waals surface area contributed by atoms with Gasteiger partial charge in [0.15, 0.2) is 6.61 Å². The number of aliphatic carboxylic acids is 1. The van der Waals surface area contributed by atoms with Gasteiger partial charge in [0.2, 0.25) is 0 Å². The van der Waals surface area contributed by atoms with E-state index in [1.54, 1.807) is 37.7 Å². The molecule has 0 aliphatic rings. The maximum Gasteiger partial charge on any atom is 0.341 e. The van der Waals surface area contributed by atoms with Gasteiger partial charge < -0.3 is 15.2 Å². The summed E-state index contributed by atoms with van der Waals surface area (Å²) >= 11 is 1.70. The number of hydrogen-bond acceptors (Lipinski definition) is 4. The molecule has 5 nitrogen and oxygen atoms in total. The number of aryl methyl sites for hydroxylation is 2. The number of carboxylic acid groups (broad SMARTS) is 1. The fourth-order valence-electron chi connectivity index (χ4n) is 1.95. The summed E-state index contributed by atoms with van der Waals surface area (Å²) in [6.07, 6.45) is 1.83. The molecule has 0 fully saturated rings. The fourth-order valence-corrected chi connectivity index (χ4v) is 2.53. The van der Waals surface area contributed by atoms with Gasteiger partial charge in [0, 0.05) is 23.6 Å². The Hall–Kier alpha value is -1.95. The van der Waals surface area contributed by atoms with Crippen LogP contribution in [-0.2, 0) is 4.79 Å². The zero-order valence-electron chi connectivity index (χ0n) is 12.8. The molecule has 1 aromatic rings. The summed E-state index contributed by atoms with van der Waals surface area (Å²) in [4.78, 5) is 22.7. The van der Waals surface area contributed by atoms with Crippen molar-refractivity contribution in [3.05, 3.63) is 41.5 Å². The molecule has 6 heteroatoms. The summed E-state index contributed by atoms with van der Waals surface area (Å²) in [7, 11) is 0. The van der Waals surface area contributed by atoms with E-state index in [-0.39, 0.29) is 5.91 Å². The normalized spacial score (nSPS) is 10.1. The highest BCUT2D eigenvalue weighted by molar-refractivity contribution is 7.99. The second-order valence-corrected chi connectivity index (χ2v) is 5.89.